The van der Waals surface area contributed by atoms with Crippen LogP contribution in [-0.2, 0) is 6.54 Å². The van der Waals surface area contributed by atoms with Crippen molar-refractivity contribution in [2.45, 2.75) is 25.9 Å². The molecule has 31 heavy (non-hydrogen) atoms. The summed E-state index contributed by atoms with van der Waals surface area (Å²) >= 11 is 0. The van der Waals surface area contributed by atoms with Crippen LogP contribution in [0, 0.1) is 0 Å². The van der Waals surface area contributed by atoms with Gasteiger partial charge in [0.2, 0.25) is 5.88 Å². The van der Waals surface area contributed by atoms with Gasteiger partial charge < -0.3 is 29.7 Å². The summed E-state index contributed by atoms with van der Waals surface area (Å²) < 4.78 is 16.4. The molecule has 0 spiro atoms. The van der Waals surface area contributed by atoms with E-state index in [4.69, 9.17) is 14.2 Å². The molecule has 170 valence electrons. The molecule has 2 aromatic rings. The lowest BCUT2D eigenvalue weighted by Crippen LogP contribution is -2.44. The molecule has 0 aliphatic carbocycles. The van der Waals surface area contributed by atoms with Crippen LogP contribution in [0.15, 0.2) is 41.5 Å². The molecule has 1 fully saturated rings. The molecule has 2 N–H and O–H groups in total. The van der Waals surface area contributed by atoms with Crippen LogP contribution in [-0.4, -0.2) is 57.9 Å². The lowest BCUT2D eigenvalue weighted by molar-refractivity contribution is 0.322. The zero-order chi connectivity index (χ0) is 21.3. The van der Waals surface area contributed by atoms with Crippen molar-refractivity contribution in [2.75, 3.05) is 45.9 Å². The summed E-state index contributed by atoms with van der Waals surface area (Å²) in [6.07, 6.45) is 2.75. The maximum absolute atomic E-state index is 5.60. The van der Waals surface area contributed by atoms with E-state index in [1.807, 2.05) is 37.3 Å². The van der Waals surface area contributed by atoms with E-state index in [0.717, 1.165) is 48.2 Å². The quantitative estimate of drug-likeness (QED) is 0.302. The van der Waals surface area contributed by atoms with Crippen molar-refractivity contribution in [3.63, 3.8) is 0 Å². The van der Waals surface area contributed by atoms with Crippen LogP contribution in [0.2, 0.25) is 0 Å². The van der Waals surface area contributed by atoms with Crippen molar-refractivity contribution in [3.05, 3.63) is 42.1 Å². The van der Waals surface area contributed by atoms with Gasteiger partial charge in [-0.05, 0) is 19.4 Å². The highest BCUT2D eigenvalue weighted by atomic mass is 127. The summed E-state index contributed by atoms with van der Waals surface area (Å²) in [4.78, 5) is 11.0. The maximum Gasteiger partial charge on any atom is 0.218 e. The third kappa shape index (κ3) is 6.78. The molecule has 1 aliphatic rings. The summed E-state index contributed by atoms with van der Waals surface area (Å²) in [7, 11) is 5.12. The molecule has 0 saturated carbocycles. The first-order valence-corrected chi connectivity index (χ1v) is 10.2. The Morgan fingerprint density at radius 2 is 1.97 bits per heavy atom. The van der Waals surface area contributed by atoms with Crippen LogP contribution in [0.25, 0.3) is 0 Å². The van der Waals surface area contributed by atoms with Gasteiger partial charge in [-0.25, -0.2) is 4.98 Å². The Labute approximate surface area is 201 Å². The number of aliphatic imine (C=N–C) groups is 1. The van der Waals surface area contributed by atoms with Crippen LogP contribution in [0.4, 0.5) is 5.69 Å². The number of anilines is 1. The Morgan fingerprint density at radius 3 is 2.61 bits per heavy atom. The first kappa shape index (κ1) is 24.8. The normalized spacial score (nSPS) is 15.8. The van der Waals surface area contributed by atoms with Crippen molar-refractivity contribution >= 4 is 35.6 Å². The minimum absolute atomic E-state index is 0. The minimum atomic E-state index is 0. The number of halogens is 1. The molecule has 0 bridgehead atoms. The third-order valence-electron chi connectivity index (χ3n) is 5.03. The monoisotopic (exact) mass is 541 g/mol. The molecule has 3 rings (SSSR count). The fourth-order valence-corrected chi connectivity index (χ4v) is 3.48. The van der Waals surface area contributed by atoms with Crippen LogP contribution in [0.3, 0.4) is 0 Å². The first-order chi connectivity index (χ1) is 14.7. The van der Waals surface area contributed by atoms with E-state index in [1.54, 1.807) is 27.5 Å². The Bertz CT molecular complexity index is 843. The molecule has 2 heterocycles. The van der Waals surface area contributed by atoms with Crippen molar-refractivity contribution < 1.29 is 14.2 Å². The summed E-state index contributed by atoms with van der Waals surface area (Å²) in [6.45, 7) is 4.95. The molecule has 8 nitrogen and oxygen atoms in total. The highest BCUT2D eigenvalue weighted by Crippen LogP contribution is 2.30. The topological polar surface area (TPSA) is 80.2 Å². The van der Waals surface area contributed by atoms with Crippen molar-refractivity contribution in [3.8, 4) is 17.4 Å². The van der Waals surface area contributed by atoms with Crippen LogP contribution in [0.1, 0.15) is 18.9 Å². The van der Waals surface area contributed by atoms with Gasteiger partial charge in [0.25, 0.3) is 0 Å². The molecule has 1 aromatic heterocycles. The number of hydrogen-bond donors (Lipinski definition) is 2. The number of aromatic nitrogens is 1. The smallest absolute Gasteiger partial charge is 0.218 e. The summed E-state index contributed by atoms with van der Waals surface area (Å²) in [5, 5.41) is 6.88. The fourth-order valence-electron chi connectivity index (χ4n) is 3.48. The van der Waals surface area contributed by atoms with Gasteiger partial charge in [0.1, 0.15) is 11.5 Å². The van der Waals surface area contributed by atoms with Gasteiger partial charge in [-0.3, -0.25) is 4.99 Å². The molecule has 1 aromatic carbocycles. The van der Waals surface area contributed by atoms with E-state index in [0.29, 0.717) is 19.0 Å². The van der Waals surface area contributed by atoms with Crippen molar-refractivity contribution in [1.29, 1.82) is 0 Å². The number of nitrogens with zero attached hydrogens (tertiary/aromatic N) is 3. The Balaban J connectivity index is 0.00000341. The van der Waals surface area contributed by atoms with Gasteiger partial charge in [0.05, 0.1) is 20.8 Å². The number of methoxy groups -OCH3 is 2. The van der Waals surface area contributed by atoms with Crippen molar-refractivity contribution in [1.82, 2.24) is 15.6 Å². The van der Waals surface area contributed by atoms with Crippen LogP contribution < -0.4 is 29.7 Å². The minimum Gasteiger partial charge on any atom is -0.497 e. The molecule has 0 radical (unpaired) electrons. The standard InChI is InChI=1S/C22H31N5O3.HI/c1-5-30-21-16(7-6-9-24-21)14-25-22(23-2)26-17-8-10-27(15-17)18-11-19(28-3)13-20(12-18)29-4;/h6-7,9,11-13,17H,5,8,10,14-15H2,1-4H3,(H2,23,25,26);1H. The second-order valence-electron chi connectivity index (χ2n) is 6.97. The molecular weight excluding hydrogens is 509 g/mol. The van der Waals surface area contributed by atoms with Gasteiger partial charge in [-0.15, -0.1) is 24.0 Å². The van der Waals surface area contributed by atoms with Gasteiger partial charge in [0, 0.05) is 68.4 Å². The predicted octanol–water partition coefficient (Wildman–Crippen LogP) is 3.06. The molecule has 1 unspecified atom stereocenters. The largest absolute Gasteiger partial charge is 0.497 e. The number of nitrogens with one attached hydrogen (secondary N) is 2. The number of guanidine groups is 1. The number of rotatable bonds is 8. The Hall–Kier alpha value is -2.43. The van der Waals surface area contributed by atoms with Crippen molar-refractivity contribution in [2.24, 2.45) is 4.99 Å². The van der Waals surface area contributed by atoms with E-state index in [1.165, 1.54) is 0 Å². The van der Waals surface area contributed by atoms with Gasteiger partial charge in [0.15, 0.2) is 5.96 Å². The molecule has 9 heteroatoms. The van der Waals surface area contributed by atoms with Gasteiger partial charge in [-0.1, -0.05) is 6.07 Å². The fraction of sp³-hybridized carbons (Fsp3) is 0.455. The second-order valence-corrected chi connectivity index (χ2v) is 6.97. The molecular formula is C22H32IN5O3. The summed E-state index contributed by atoms with van der Waals surface area (Å²) in [5.74, 6) is 3.00. The summed E-state index contributed by atoms with van der Waals surface area (Å²) in [6, 6.07) is 10.2. The number of benzene rings is 1. The molecule has 1 saturated heterocycles. The number of hydrogen-bond acceptors (Lipinski definition) is 6. The SMILES string of the molecule is CCOc1ncccc1CNC(=NC)NC1CCN(c2cc(OC)cc(OC)c2)C1.I. The van der Waals surface area contributed by atoms with Crippen LogP contribution >= 0.6 is 24.0 Å². The van der Waals surface area contributed by atoms with Gasteiger partial charge >= 0.3 is 0 Å². The Kier molecular flexibility index (Phi) is 9.96. The third-order valence-corrected chi connectivity index (χ3v) is 5.03. The van der Waals surface area contributed by atoms with E-state index in [2.05, 4.69) is 25.5 Å². The lowest BCUT2D eigenvalue weighted by Gasteiger charge is -2.21. The lowest BCUT2D eigenvalue weighted by atomic mass is 10.2. The average Bonchev–Trinajstić information content (AvgIpc) is 3.26. The van der Waals surface area contributed by atoms with E-state index >= 15 is 0 Å². The maximum atomic E-state index is 5.60. The second kappa shape index (κ2) is 12.4. The zero-order valence-electron chi connectivity index (χ0n) is 18.6. The van der Waals surface area contributed by atoms with E-state index < -0.39 is 0 Å². The predicted molar refractivity (Wildman–Crippen MR) is 134 cm³/mol. The zero-order valence-corrected chi connectivity index (χ0v) is 20.9. The first-order valence-electron chi connectivity index (χ1n) is 10.2. The Morgan fingerprint density at radius 1 is 1.23 bits per heavy atom. The number of pyridine rings is 1. The van der Waals surface area contributed by atoms with Gasteiger partial charge in [-0.2, -0.15) is 0 Å². The molecule has 0 amide bonds. The number of ether oxygens (including phenoxy) is 3. The summed E-state index contributed by atoms with van der Waals surface area (Å²) in [5.41, 5.74) is 2.09. The molecule has 1 aliphatic heterocycles. The van der Waals surface area contributed by atoms with E-state index in [-0.39, 0.29) is 30.0 Å². The van der Waals surface area contributed by atoms with Crippen LogP contribution in [0.5, 0.6) is 17.4 Å². The highest BCUT2D eigenvalue weighted by molar-refractivity contribution is 14.0. The average molecular weight is 541 g/mol. The highest BCUT2D eigenvalue weighted by Gasteiger charge is 2.24. The molecule has 1 atom stereocenters. The van der Waals surface area contributed by atoms with E-state index in [9.17, 15) is 0 Å².